The third-order valence-electron chi connectivity index (χ3n) is 8.15. The summed E-state index contributed by atoms with van der Waals surface area (Å²) in [6, 6.07) is 41.2. The van der Waals surface area contributed by atoms with Crippen LogP contribution in [0.3, 0.4) is 0 Å². The Morgan fingerprint density at radius 1 is 0.605 bits per heavy atom. The summed E-state index contributed by atoms with van der Waals surface area (Å²) >= 11 is 0. The maximum Gasteiger partial charge on any atom is 0.220 e. The minimum Gasteiger partial charge on any atom is -0.278 e. The predicted octanol–water partition coefficient (Wildman–Crippen LogP) is 7.86. The van der Waals surface area contributed by atoms with Gasteiger partial charge >= 0.3 is 0 Å². The number of hydrogen-bond acceptors (Lipinski definition) is 4. The van der Waals surface area contributed by atoms with E-state index in [0.717, 1.165) is 72.4 Å². The Morgan fingerprint density at radius 3 is 2.05 bits per heavy atom. The third kappa shape index (κ3) is 3.32. The average Bonchev–Trinajstić information content (AvgIpc) is 3.71. The lowest BCUT2D eigenvalue weighted by molar-refractivity contribution is 1.10. The molecule has 0 unspecified atom stereocenters. The van der Waals surface area contributed by atoms with Crippen molar-refractivity contribution in [2.45, 2.75) is 0 Å². The molecule has 7 nitrogen and oxygen atoms in total. The van der Waals surface area contributed by atoms with Crippen LogP contribution in [0.15, 0.2) is 128 Å². The standard InChI is InChI=1S/C36H21N7/c37-22-23-19-24(21-25(20-23)41-34-27(10-7-17-38-34)28-11-8-18-39-35(28)41)26-9-1-3-13-30(26)42-32-15-5-6-16-33(32)43-31-14-4-2-12-29(31)40-36(42)43/h1-21H. The van der Waals surface area contributed by atoms with E-state index in [9.17, 15) is 5.26 Å². The SMILES string of the molecule is N#Cc1cc(-c2ccccc2-n2c3ccccc3n3c4ccccc4nc23)cc(-n2c3ncccc3c3cccnc32)c1. The number of nitrogens with zero attached hydrogens (tertiary/aromatic N) is 7. The molecule has 5 aromatic heterocycles. The Morgan fingerprint density at radius 2 is 1.28 bits per heavy atom. The lowest BCUT2D eigenvalue weighted by Gasteiger charge is -2.15. The van der Waals surface area contributed by atoms with Crippen molar-refractivity contribution < 1.29 is 0 Å². The van der Waals surface area contributed by atoms with Crippen molar-refractivity contribution in [3.8, 4) is 28.6 Å². The number of benzene rings is 4. The quantitative estimate of drug-likeness (QED) is 0.224. The lowest BCUT2D eigenvalue weighted by Crippen LogP contribution is -2.01. The molecule has 0 spiro atoms. The summed E-state index contributed by atoms with van der Waals surface area (Å²) in [5, 5.41) is 12.2. The van der Waals surface area contributed by atoms with Gasteiger partial charge < -0.3 is 0 Å². The van der Waals surface area contributed by atoms with E-state index in [1.165, 1.54) is 0 Å². The van der Waals surface area contributed by atoms with Gasteiger partial charge in [-0.3, -0.25) is 13.5 Å². The molecule has 4 aromatic carbocycles. The summed E-state index contributed by atoms with van der Waals surface area (Å²) in [4.78, 5) is 14.5. The zero-order chi connectivity index (χ0) is 28.5. The number of imidazole rings is 2. The second-order valence-electron chi connectivity index (χ2n) is 10.5. The fraction of sp³-hybridized carbons (Fsp3) is 0. The Kier molecular flexibility index (Phi) is 4.84. The molecule has 0 bridgehead atoms. The highest BCUT2D eigenvalue weighted by Crippen LogP contribution is 2.36. The Hall–Kier alpha value is -6.26. The summed E-state index contributed by atoms with van der Waals surface area (Å²) in [7, 11) is 0. The molecule has 0 aliphatic carbocycles. The first-order valence-corrected chi connectivity index (χ1v) is 14.0. The predicted molar refractivity (Wildman–Crippen MR) is 170 cm³/mol. The fourth-order valence-electron chi connectivity index (χ4n) is 6.38. The van der Waals surface area contributed by atoms with Gasteiger partial charge in [-0.05, 0) is 78.4 Å². The molecule has 9 rings (SSSR count). The zero-order valence-corrected chi connectivity index (χ0v) is 22.8. The first-order valence-electron chi connectivity index (χ1n) is 14.0. The van der Waals surface area contributed by atoms with Gasteiger partial charge in [0.15, 0.2) is 0 Å². The topological polar surface area (TPSA) is 76.7 Å². The average molecular weight is 552 g/mol. The highest BCUT2D eigenvalue weighted by atomic mass is 15.2. The monoisotopic (exact) mass is 551 g/mol. The molecular formula is C36H21N7. The van der Waals surface area contributed by atoms with E-state index in [-0.39, 0.29) is 0 Å². The smallest absolute Gasteiger partial charge is 0.220 e. The van der Waals surface area contributed by atoms with Gasteiger partial charge in [0.2, 0.25) is 5.78 Å². The summed E-state index contributed by atoms with van der Waals surface area (Å²) < 4.78 is 6.48. The van der Waals surface area contributed by atoms with Crippen LogP contribution in [0.25, 0.3) is 72.4 Å². The molecule has 5 heterocycles. The molecule has 0 aliphatic heterocycles. The summed E-state index contributed by atoms with van der Waals surface area (Å²) in [6.07, 6.45) is 3.58. The summed E-state index contributed by atoms with van der Waals surface area (Å²) in [6.45, 7) is 0. The minimum absolute atomic E-state index is 0.554. The summed E-state index contributed by atoms with van der Waals surface area (Å²) in [5.74, 6) is 0.835. The van der Waals surface area contributed by atoms with Gasteiger partial charge in [0.05, 0.1) is 45.1 Å². The van der Waals surface area contributed by atoms with Crippen LogP contribution in [0.4, 0.5) is 0 Å². The first kappa shape index (κ1) is 23.4. The van der Waals surface area contributed by atoms with Gasteiger partial charge in [-0.25, -0.2) is 15.0 Å². The van der Waals surface area contributed by atoms with Crippen molar-refractivity contribution in [3.63, 3.8) is 0 Å². The van der Waals surface area contributed by atoms with E-state index < -0.39 is 0 Å². The molecule has 0 amide bonds. The summed E-state index contributed by atoms with van der Waals surface area (Å²) in [5.41, 5.74) is 9.99. The fourth-order valence-corrected chi connectivity index (χ4v) is 6.38. The molecule has 0 N–H and O–H groups in total. The van der Waals surface area contributed by atoms with Crippen molar-refractivity contribution in [2.75, 3.05) is 0 Å². The van der Waals surface area contributed by atoms with Gasteiger partial charge in [0, 0.05) is 28.7 Å². The van der Waals surface area contributed by atoms with Crippen LogP contribution < -0.4 is 0 Å². The van der Waals surface area contributed by atoms with Crippen LogP contribution >= 0.6 is 0 Å². The van der Waals surface area contributed by atoms with Crippen molar-refractivity contribution in [1.29, 1.82) is 5.26 Å². The third-order valence-corrected chi connectivity index (χ3v) is 8.15. The van der Waals surface area contributed by atoms with Crippen molar-refractivity contribution in [1.82, 2.24) is 28.5 Å². The number of fused-ring (bicyclic) bond motifs is 8. The number of pyridine rings is 2. The van der Waals surface area contributed by atoms with E-state index in [2.05, 4.69) is 75.7 Å². The van der Waals surface area contributed by atoms with Crippen LogP contribution in [-0.4, -0.2) is 28.5 Å². The van der Waals surface area contributed by atoms with Crippen molar-refractivity contribution in [3.05, 3.63) is 133 Å². The molecule has 200 valence electrons. The second-order valence-corrected chi connectivity index (χ2v) is 10.5. The van der Waals surface area contributed by atoms with E-state index in [1.54, 1.807) is 12.4 Å². The molecule has 0 fully saturated rings. The molecule has 0 radical (unpaired) electrons. The van der Waals surface area contributed by atoms with Crippen molar-refractivity contribution >= 4 is 49.9 Å². The minimum atomic E-state index is 0.554. The van der Waals surface area contributed by atoms with E-state index >= 15 is 0 Å². The van der Waals surface area contributed by atoms with E-state index in [4.69, 9.17) is 15.0 Å². The second kappa shape index (κ2) is 8.87. The lowest BCUT2D eigenvalue weighted by atomic mass is 10.00. The van der Waals surface area contributed by atoms with E-state index in [1.807, 2.05) is 59.2 Å². The number of rotatable bonds is 3. The van der Waals surface area contributed by atoms with E-state index in [0.29, 0.717) is 5.56 Å². The van der Waals surface area contributed by atoms with Crippen molar-refractivity contribution in [2.24, 2.45) is 0 Å². The number of aromatic nitrogens is 6. The molecule has 43 heavy (non-hydrogen) atoms. The van der Waals surface area contributed by atoms with Crippen LogP contribution in [0, 0.1) is 11.3 Å². The maximum absolute atomic E-state index is 10.2. The number of hydrogen-bond donors (Lipinski definition) is 0. The highest BCUT2D eigenvalue weighted by molar-refractivity contribution is 6.06. The number of para-hydroxylation sites is 5. The molecular weight excluding hydrogens is 530 g/mol. The number of nitriles is 1. The Labute approximate surface area is 245 Å². The van der Waals surface area contributed by atoms with Crippen LogP contribution in [0.5, 0.6) is 0 Å². The molecule has 0 saturated heterocycles. The molecule has 0 saturated carbocycles. The largest absolute Gasteiger partial charge is 0.278 e. The van der Waals surface area contributed by atoms with Crippen LogP contribution in [-0.2, 0) is 0 Å². The first-order chi connectivity index (χ1) is 21.3. The van der Waals surface area contributed by atoms with Crippen LogP contribution in [0.1, 0.15) is 5.56 Å². The normalized spacial score (nSPS) is 11.7. The Balaban J connectivity index is 1.35. The van der Waals surface area contributed by atoms with Gasteiger partial charge in [0.1, 0.15) is 11.3 Å². The molecule has 0 atom stereocenters. The molecule has 7 heteroatoms. The maximum atomic E-state index is 10.2. The highest BCUT2D eigenvalue weighted by Gasteiger charge is 2.20. The van der Waals surface area contributed by atoms with Gasteiger partial charge in [-0.2, -0.15) is 5.26 Å². The Bertz CT molecular complexity index is 2540. The molecule has 9 aromatic rings. The molecule has 0 aliphatic rings. The van der Waals surface area contributed by atoms with Gasteiger partial charge in [-0.1, -0.05) is 42.5 Å². The zero-order valence-electron chi connectivity index (χ0n) is 22.8. The van der Waals surface area contributed by atoms with Crippen LogP contribution in [0.2, 0.25) is 0 Å². The van der Waals surface area contributed by atoms with Gasteiger partial charge in [0.25, 0.3) is 0 Å². The van der Waals surface area contributed by atoms with Gasteiger partial charge in [-0.15, -0.1) is 0 Å².